The number of carbonyl (C=O) groups excluding carboxylic acids is 1. The molecule has 1 aromatic carbocycles. The molecule has 0 unspecified atom stereocenters. The topological polar surface area (TPSA) is 69.4 Å². The van der Waals surface area contributed by atoms with E-state index in [1.165, 1.54) is 37.8 Å². The minimum Gasteiger partial charge on any atom is -0.461 e. The molecule has 5 nitrogen and oxygen atoms in total. The van der Waals surface area contributed by atoms with Gasteiger partial charge < -0.3 is 4.74 Å². The predicted molar refractivity (Wildman–Crippen MR) is 74.1 cm³/mol. The summed E-state index contributed by atoms with van der Waals surface area (Å²) in [7, 11) is 0. The number of non-ortho nitro benzene ring substituents is 1. The minimum absolute atomic E-state index is 0.0181. The van der Waals surface area contributed by atoms with Crippen LogP contribution in [-0.4, -0.2) is 10.9 Å². The van der Waals surface area contributed by atoms with E-state index in [1.54, 1.807) is 12.1 Å². The van der Waals surface area contributed by atoms with Gasteiger partial charge in [0.1, 0.15) is 6.61 Å². The third-order valence-electron chi connectivity index (χ3n) is 3.75. The number of esters is 1. The Morgan fingerprint density at radius 1 is 1.35 bits per heavy atom. The molecule has 1 aliphatic carbocycles. The van der Waals surface area contributed by atoms with Crippen molar-refractivity contribution in [2.75, 3.05) is 0 Å². The highest BCUT2D eigenvalue weighted by molar-refractivity contribution is 5.69. The fraction of sp³-hybridized carbons (Fsp3) is 0.533. The van der Waals surface area contributed by atoms with Crippen molar-refractivity contribution >= 4 is 11.7 Å². The average Bonchev–Trinajstić information content (AvgIpc) is 2.96. The predicted octanol–water partition coefficient (Wildman–Crippen LogP) is 3.61. The van der Waals surface area contributed by atoms with Crippen molar-refractivity contribution in [1.29, 1.82) is 0 Å². The van der Waals surface area contributed by atoms with Gasteiger partial charge in [0, 0.05) is 18.6 Å². The third kappa shape index (κ3) is 4.33. The lowest BCUT2D eigenvalue weighted by atomic mass is 10.0. The molecule has 0 aromatic heterocycles. The van der Waals surface area contributed by atoms with Gasteiger partial charge in [-0.25, -0.2) is 0 Å². The number of benzene rings is 1. The summed E-state index contributed by atoms with van der Waals surface area (Å²) in [5.74, 6) is 0.448. The molecule has 1 fully saturated rings. The number of hydrogen-bond acceptors (Lipinski definition) is 4. The summed E-state index contributed by atoms with van der Waals surface area (Å²) < 4.78 is 5.16. The zero-order valence-electron chi connectivity index (χ0n) is 11.4. The Hall–Kier alpha value is -1.91. The Kier molecular flexibility index (Phi) is 5.09. The second-order valence-electron chi connectivity index (χ2n) is 5.28. The molecular formula is C15H19NO4. The van der Waals surface area contributed by atoms with E-state index in [4.69, 9.17) is 4.74 Å². The van der Waals surface area contributed by atoms with Gasteiger partial charge in [0.2, 0.25) is 0 Å². The second-order valence-corrected chi connectivity index (χ2v) is 5.28. The van der Waals surface area contributed by atoms with Crippen molar-refractivity contribution in [2.24, 2.45) is 5.92 Å². The van der Waals surface area contributed by atoms with Gasteiger partial charge in [-0.2, -0.15) is 0 Å². The number of ether oxygens (including phenoxy) is 1. The molecule has 108 valence electrons. The van der Waals surface area contributed by atoms with Crippen LogP contribution in [0.25, 0.3) is 0 Å². The summed E-state index contributed by atoms with van der Waals surface area (Å²) in [6.45, 7) is 0.102. The zero-order valence-corrected chi connectivity index (χ0v) is 11.4. The van der Waals surface area contributed by atoms with Gasteiger partial charge in [-0.3, -0.25) is 14.9 Å². The molecule has 0 atom stereocenters. The maximum Gasteiger partial charge on any atom is 0.306 e. The molecule has 20 heavy (non-hydrogen) atoms. The number of rotatable bonds is 6. The second kappa shape index (κ2) is 7.03. The summed E-state index contributed by atoms with van der Waals surface area (Å²) in [5, 5.41) is 10.6. The number of nitrogens with zero attached hydrogens (tertiary/aromatic N) is 1. The summed E-state index contributed by atoms with van der Waals surface area (Å²) in [6, 6.07) is 6.17. The normalized spacial score (nSPS) is 15.2. The quantitative estimate of drug-likeness (QED) is 0.452. The van der Waals surface area contributed by atoms with E-state index in [2.05, 4.69) is 0 Å². The molecule has 1 aromatic rings. The molecule has 0 bridgehead atoms. The lowest BCUT2D eigenvalue weighted by Gasteiger charge is -2.08. The van der Waals surface area contributed by atoms with Crippen LogP contribution in [0, 0.1) is 16.0 Å². The zero-order chi connectivity index (χ0) is 14.4. The van der Waals surface area contributed by atoms with Gasteiger partial charge in [0.15, 0.2) is 0 Å². The van der Waals surface area contributed by atoms with Crippen molar-refractivity contribution < 1.29 is 14.5 Å². The number of nitro groups is 1. The SMILES string of the molecule is O=C(CCC1CCCC1)OCc1cccc([N+](=O)[O-])c1. The molecule has 0 heterocycles. The monoisotopic (exact) mass is 277 g/mol. The van der Waals surface area contributed by atoms with Crippen LogP contribution >= 0.6 is 0 Å². The highest BCUT2D eigenvalue weighted by atomic mass is 16.6. The molecule has 0 saturated heterocycles. The molecular weight excluding hydrogens is 258 g/mol. The van der Waals surface area contributed by atoms with Gasteiger partial charge in [-0.1, -0.05) is 37.8 Å². The Labute approximate surface area is 118 Å². The fourth-order valence-corrected chi connectivity index (χ4v) is 2.62. The van der Waals surface area contributed by atoms with Gasteiger partial charge in [-0.15, -0.1) is 0 Å². The maximum absolute atomic E-state index is 11.6. The maximum atomic E-state index is 11.6. The molecule has 0 spiro atoms. The first-order chi connectivity index (χ1) is 9.65. The van der Waals surface area contributed by atoms with Gasteiger partial charge >= 0.3 is 5.97 Å². The largest absolute Gasteiger partial charge is 0.461 e. The lowest BCUT2D eigenvalue weighted by Crippen LogP contribution is -2.07. The molecule has 2 rings (SSSR count). The number of carbonyl (C=O) groups is 1. The van der Waals surface area contributed by atoms with E-state index in [1.807, 2.05) is 0 Å². The summed E-state index contributed by atoms with van der Waals surface area (Å²) in [6.07, 6.45) is 6.32. The van der Waals surface area contributed by atoms with Gasteiger partial charge in [-0.05, 0) is 17.9 Å². The average molecular weight is 277 g/mol. The Morgan fingerprint density at radius 3 is 2.80 bits per heavy atom. The van der Waals surface area contributed by atoms with Crippen LogP contribution in [0.5, 0.6) is 0 Å². The van der Waals surface area contributed by atoms with Crippen molar-refractivity contribution in [3.63, 3.8) is 0 Å². The van der Waals surface area contributed by atoms with Crippen molar-refractivity contribution in [3.8, 4) is 0 Å². The van der Waals surface area contributed by atoms with Crippen LogP contribution < -0.4 is 0 Å². The minimum atomic E-state index is -0.453. The highest BCUT2D eigenvalue weighted by Crippen LogP contribution is 2.28. The molecule has 0 radical (unpaired) electrons. The number of hydrogen-bond donors (Lipinski definition) is 0. The van der Waals surface area contributed by atoms with E-state index in [0.29, 0.717) is 17.9 Å². The highest BCUT2D eigenvalue weighted by Gasteiger charge is 2.16. The van der Waals surface area contributed by atoms with E-state index in [9.17, 15) is 14.9 Å². The van der Waals surface area contributed by atoms with Crippen molar-refractivity contribution in [2.45, 2.75) is 45.1 Å². The molecule has 0 N–H and O–H groups in total. The van der Waals surface area contributed by atoms with Crippen LogP contribution in [0.4, 0.5) is 5.69 Å². The fourth-order valence-electron chi connectivity index (χ4n) is 2.62. The summed E-state index contributed by atoms with van der Waals surface area (Å²) in [5.41, 5.74) is 0.665. The standard InChI is InChI=1S/C15H19NO4/c17-15(9-8-12-4-1-2-5-12)20-11-13-6-3-7-14(10-13)16(18)19/h3,6-7,10,12H,1-2,4-5,8-9,11H2. The van der Waals surface area contributed by atoms with Crippen LogP contribution in [0.1, 0.15) is 44.1 Å². The van der Waals surface area contributed by atoms with E-state index in [0.717, 1.165) is 6.42 Å². The van der Waals surface area contributed by atoms with E-state index >= 15 is 0 Å². The first-order valence-corrected chi connectivity index (χ1v) is 7.04. The van der Waals surface area contributed by atoms with Crippen LogP contribution in [0.15, 0.2) is 24.3 Å². The molecule has 1 aliphatic rings. The smallest absolute Gasteiger partial charge is 0.306 e. The third-order valence-corrected chi connectivity index (χ3v) is 3.75. The first-order valence-electron chi connectivity index (χ1n) is 7.04. The van der Waals surface area contributed by atoms with Gasteiger partial charge in [0.25, 0.3) is 5.69 Å². The molecule has 0 amide bonds. The first kappa shape index (κ1) is 14.5. The summed E-state index contributed by atoms with van der Waals surface area (Å²) in [4.78, 5) is 21.8. The Bertz CT molecular complexity index is 481. The van der Waals surface area contributed by atoms with Crippen molar-refractivity contribution in [1.82, 2.24) is 0 Å². The van der Waals surface area contributed by atoms with Crippen molar-refractivity contribution in [3.05, 3.63) is 39.9 Å². The number of nitro benzene ring substituents is 1. The lowest BCUT2D eigenvalue weighted by molar-refractivity contribution is -0.384. The molecule has 5 heteroatoms. The Balaban J connectivity index is 1.75. The van der Waals surface area contributed by atoms with E-state index in [-0.39, 0.29) is 18.3 Å². The molecule has 1 saturated carbocycles. The summed E-state index contributed by atoms with van der Waals surface area (Å²) >= 11 is 0. The van der Waals surface area contributed by atoms with Crippen LogP contribution in [0.3, 0.4) is 0 Å². The Morgan fingerprint density at radius 2 is 2.10 bits per heavy atom. The van der Waals surface area contributed by atoms with Crippen LogP contribution in [0.2, 0.25) is 0 Å². The van der Waals surface area contributed by atoms with Gasteiger partial charge in [0.05, 0.1) is 4.92 Å². The molecule has 0 aliphatic heterocycles. The van der Waals surface area contributed by atoms with E-state index < -0.39 is 4.92 Å². The van der Waals surface area contributed by atoms with Crippen LogP contribution in [-0.2, 0) is 16.1 Å².